The molecule has 0 fully saturated rings. The number of guanidine groups is 1. The topological polar surface area (TPSA) is 126 Å². The van der Waals surface area contributed by atoms with Crippen LogP contribution in [0.5, 0.6) is 0 Å². The van der Waals surface area contributed by atoms with Crippen LogP contribution in [0.4, 0.5) is 0 Å². The van der Waals surface area contributed by atoms with Gasteiger partial charge in [-0.25, -0.2) is 5.41 Å². The van der Waals surface area contributed by atoms with Crippen LogP contribution in [0.1, 0.15) is 6.92 Å². The Hall–Kier alpha value is -1.96. The van der Waals surface area contributed by atoms with Gasteiger partial charge in [0.2, 0.25) is 0 Å². The van der Waals surface area contributed by atoms with Gasteiger partial charge in [0, 0.05) is 13.0 Å². The maximum atomic E-state index is 8.36. The third-order valence-electron chi connectivity index (χ3n) is 1.77. The Morgan fingerprint density at radius 1 is 1.86 bits per heavy atom. The van der Waals surface area contributed by atoms with Crippen LogP contribution in [0.2, 0.25) is 0 Å². The minimum absolute atomic E-state index is 0.0440. The molecule has 0 aromatic carbocycles. The Kier molecular flexibility index (Phi) is 3.72. The highest BCUT2D eigenvalue weighted by Gasteiger charge is 2.31. The highest BCUT2D eigenvalue weighted by Crippen LogP contribution is 2.17. The number of nitrogens with zero attached hydrogens (tertiary/aromatic N) is 3. The van der Waals surface area contributed by atoms with E-state index in [-0.39, 0.29) is 10.6 Å². The fourth-order valence-corrected chi connectivity index (χ4v) is 0.763. The first-order chi connectivity index (χ1) is 6.30. The molecule has 0 aromatic rings. The maximum absolute atomic E-state index is 8.36. The fourth-order valence-electron chi connectivity index (χ4n) is 0.763. The molecule has 1 aliphatic heterocycles. The lowest BCUT2D eigenvalue weighted by Crippen LogP contribution is -2.45. The molecule has 1 heterocycles. The van der Waals surface area contributed by atoms with Gasteiger partial charge >= 0.3 is 5.96 Å². The molecule has 1 rings (SSSR count). The van der Waals surface area contributed by atoms with E-state index in [9.17, 15) is 0 Å². The van der Waals surface area contributed by atoms with Crippen LogP contribution in [0.3, 0.4) is 0 Å². The molecule has 1 aliphatic rings. The van der Waals surface area contributed by atoms with Crippen LogP contribution in [0.25, 0.3) is 0 Å². The molecule has 1 atom stereocenters. The summed E-state index contributed by atoms with van der Waals surface area (Å²) in [6.07, 6.45) is 3.51. The summed E-state index contributed by atoms with van der Waals surface area (Å²) in [6.45, 7) is 1.90. The van der Waals surface area contributed by atoms with Crippen molar-refractivity contribution < 1.29 is 14.9 Å². The first kappa shape index (κ1) is 12.0. The summed E-state index contributed by atoms with van der Waals surface area (Å²) in [7, 11) is 1.78. The molecule has 1 unspecified atom stereocenters. The molecule has 0 amide bonds. The second-order valence-electron chi connectivity index (χ2n) is 2.65. The molecule has 0 bridgehead atoms. The van der Waals surface area contributed by atoms with Crippen LogP contribution in [0.15, 0.2) is 16.9 Å². The van der Waals surface area contributed by atoms with Crippen molar-refractivity contribution in [2.75, 3.05) is 7.05 Å². The minimum atomic E-state index is -1.50. The van der Waals surface area contributed by atoms with Gasteiger partial charge in [-0.3, -0.25) is 0 Å². The normalized spacial score (nSPS) is 23.4. The van der Waals surface area contributed by atoms with E-state index >= 15 is 0 Å². The van der Waals surface area contributed by atoms with Crippen molar-refractivity contribution in [3.8, 4) is 0 Å². The summed E-state index contributed by atoms with van der Waals surface area (Å²) in [4.78, 5) is 8.36. The zero-order valence-corrected chi connectivity index (χ0v) is 7.84. The van der Waals surface area contributed by atoms with Crippen LogP contribution in [-0.4, -0.2) is 34.1 Å². The average molecular weight is 202 g/mol. The second kappa shape index (κ2) is 4.33. The summed E-state index contributed by atoms with van der Waals surface area (Å²) in [5.41, 5.74) is 6.29. The van der Waals surface area contributed by atoms with Crippen molar-refractivity contribution in [1.82, 2.24) is 0 Å². The van der Waals surface area contributed by atoms with E-state index < -0.39 is 5.09 Å². The Bertz CT molecular complexity index is 307. The standard InChI is InChI=1S/C6H11N4.HNO3/c1-5-3-4-9-10(5,2)6(7)8;2-1(3)4/h3-4H,1-2H3,(H3,7,8);(H,2,3,4)/q+1;. The van der Waals surface area contributed by atoms with Crippen LogP contribution >= 0.6 is 0 Å². The summed E-state index contributed by atoms with van der Waals surface area (Å²) in [6, 6.07) is 0. The summed E-state index contributed by atoms with van der Waals surface area (Å²) in [5, 5.41) is 24.9. The van der Waals surface area contributed by atoms with Gasteiger partial charge in [-0.2, -0.15) is 0 Å². The molecule has 0 aromatic heterocycles. The average Bonchev–Trinajstić information content (AvgIpc) is 2.32. The minimum Gasteiger partial charge on any atom is -0.336 e. The number of hydrogen-bond donors (Lipinski definition) is 3. The van der Waals surface area contributed by atoms with E-state index in [0.29, 0.717) is 0 Å². The largest absolute Gasteiger partial charge is 0.336 e. The summed E-state index contributed by atoms with van der Waals surface area (Å²) in [5.74, 6) is 0.0440. The molecule has 0 spiro atoms. The third-order valence-corrected chi connectivity index (χ3v) is 1.77. The van der Waals surface area contributed by atoms with Gasteiger partial charge in [0.15, 0.2) is 0 Å². The number of allylic oxidation sites excluding steroid dienone is 2. The molecule has 0 aliphatic carbocycles. The molecular weight excluding hydrogens is 190 g/mol. The highest BCUT2D eigenvalue weighted by atomic mass is 16.9. The van der Waals surface area contributed by atoms with E-state index in [0.717, 1.165) is 5.70 Å². The Labute approximate surface area is 80.1 Å². The monoisotopic (exact) mass is 202 g/mol. The van der Waals surface area contributed by atoms with E-state index in [4.69, 9.17) is 26.5 Å². The fraction of sp³-hybridized carbons (Fsp3) is 0.333. The lowest BCUT2D eigenvalue weighted by molar-refractivity contribution is -0.786. The van der Waals surface area contributed by atoms with Crippen LogP contribution in [-0.2, 0) is 0 Å². The predicted molar refractivity (Wildman–Crippen MR) is 49.1 cm³/mol. The van der Waals surface area contributed by atoms with Gasteiger partial charge < -0.3 is 10.9 Å². The zero-order chi connectivity index (χ0) is 11.4. The first-order valence-electron chi connectivity index (χ1n) is 3.58. The van der Waals surface area contributed by atoms with Gasteiger partial charge in [-0.15, -0.1) is 14.7 Å². The van der Waals surface area contributed by atoms with Crippen LogP contribution in [0, 0.1) is 15.5 Å². The predicted octanol–water partition coefficient (Wildman–Crippen LogP) is -0.118. The summed E-state index contributed by atoms with van der Waals surface area (Å²) >= 11 is 0. The lowest BCUT2D eigenvalue weighted by Gasteiger charge is -2.20. The Balaban J connectivity index is 0.000000364. The molecule has 0 radical (unpaired) electrons. The van der Waals surface area contributed by atoms with Crippen molar-refractivity contribution >= 4 is 12.2 Å². The van der Waals surface area contributed by atoms with Gasteiger partial charge in [-0.1, -0.05) is 5.10 Å². The van der Waals surface area contributed by atoms with Gasteiger partial charge in [0.1, 0.15) is 12.7 Å². The van der Waals surface area contributed by atoms with E-state index in [2.05, 4.69) is 5.10 Å². The summed E-state index contributed by atoms with van der Waals surface area (Å²) < 4.78 is 0.0833. The number of nitrogens with one attached hydrogen (secondary N) is 1. The van der Waals surface area contributed by atoms with Gasteiger partial charge in [0.05, 0.1) is 6.21 Å². The molecule has 8 nitrogen and oxygen atoms in total. The Morgan fingerprint density at radius 3 is 2.43 bits per heavy atom. The second-order valence-corrected chi connectivity index (χ2v) is 2.65. The molecule has 14 heavy (non-hydrogen) atoms. The number of hydrogen-bond acceptors (Lipinski definition) is 4. The van der Waals surface area contributed by atoms with Crippen molar-refractivity contribution in [3.63, 3.8) is 0 Å². The first-order valence-corrected chi connectivity index (χ1v) is 3.58. The number of rotatable bonds is 0. The van der Waals surface area contributed by atoms with Crippen molar-refractivity contribution in [3.05, 3.63) is 21.9 Å². The quantitative estimate of drug-likeness (QED) is 0.166. The van der Waals surface area contributed by atoms with E-state index in [1.54, 1.807) is 13.3 Å². The number of nitrogens with two attached hydrogens (primary N) is 1. The molecule has 8 heteroatoms. The van der Waals surface area contributed by atoms with Crippen molar-refractivity contribution in [2.24, 2.45) is 10.8 Å². The van der Waals surface area contributed by atoms with Gasteiger partial charge in [0.25, 0.3) is 5.09 Å². The smallest absolute Gasteiger partial charge is 0.324 e. The van der Waals surface area contributed by atoms with Crippen molar-refractivity contribution in [2.45, 2.75) is 6.92 Å². The van der Waals surface area contributed by atoms with Crippen LogP contribution < -0.4 is 5.73 Å². The van der Waals surface area contributed by atoms with Gasteiger partial charge in [-0.05, 0) is 0 Å². The maximum Gasteiger partial charge on any atom is 0.324 e. The van der Waals surface area contributed by atoms with E-state index in [1.807, 2.05) is 13.0 Å². The molecular formula is C6H12N5O3+. The Morgan fingerprint density at radius 2 is 2.29 bits per heavy atom. The highest BCUT2D eigenvalue weighted by molar-refractivity contribution is 5.77. The molecule has 78 valence electrons. The molecule has 0 saturated carbocycles. The van der Waals surface area contributed by atoms with Crippen molar-refractivity contribution in [1.29, 1.82) is 5.41 Å². The lowest BCUT2D eigenvalue weighted by atomic mass is 10.4. The zero-order valence-electron chi connectivity index (χ0n) is 7.84. The third kappa shape index (κ3) is 2.83. The SMILES string of the molecule is CC1=CC=N[N+]1(C)C(=N)N.O=[N+]([O-])O. The molecule has 4 N–H and O–H groups in total. The van der Waals surface area contributed by atoms with E-state index in [1.165, 1.54) is 0 Å². The number of quaternary nitrogens is 1. The molecule has 0 saturated heterocycles.